The zero-order valence-electron chi connectivity index (χ0n) is 5.51. The molecule has 2 bridgehead atoms. The fourth-order valence-corrected chi connectivity index (χ4v) is 1.96. The molecule has 0 radical (unpaired) electrons. The zero-order chi connectivity index (χ0) is 6.27. The predicted molar refractivity (Wildman–Crippen MR) is 35.1 cm³/mol. The molecule has 0 aromatic carbocycles. The summed E-state index contributed by atoms with van der Waals surface area (Å²) in [4.78, 5) is 0. The van der Waals surface area contributed by atoms with E-state index in [1.165, 1.54) is 12.8 Å². The highest BCUT2D eigenvalue weighted by Crippen LogP contribution is 2.28. The van der Waals surface area contributed by atoms with Gasteiger partial charge in [-0.1, -0.05) is 0 Å². The highest BCUT2D eigenvalue weighted by atomic mass is 16.3. The van der Waals surface area contributed by atoms with Crippen molar-refractivity contribution in [2.75, 3.05) is 6.54 Å². The van der Waals surface area contributed by atoms with Gasteiger partial charge in [-0.15, -0.1) is 0 Å². The van der Waals surface area contributed by atoms with Crippen molar-refractivity contribution in [1.82, 2.24) is 5.32 Å². The largest absolute Gasteiger partial charge is 0.392 e. The van der Waals surface area contributed by atoms with E-state index in [4.69, 9.17) is 0 Å². The molecule has 0 spiro atoms. The van der Waals surface area contributed by atoms with Crippen molar-refractivity contribution in [1.29, 1.82) is 0 Å². The molecule has 1 saturated carbocycles. The summed E-state index contributed by atoms with van der Waals surface area (Å²) < 4.78 is 0. The number of nitrogens with one attached hydrogen (secondary N) is 1. The molecule has 3 atom stereocenters. The lowest BCUT2D eigenvalue weighted by atomic mass is 9.88. The van der Waals surface area contributed by atoms with Crippen molar-refractivity contribution < 1.29 is 5.11 Å². The Bertz CT molecular complexity index is 115. The van der Waals surface area contributed by atoms with Crippen molar-refractivity contribution in [3.8, 4) is 0 Å². The fraction of sp³-hybridized carbons (Fsp3) is 1.00. The van der Waals surface area contributed by atoms with Gasteiger partial charge in [0.25, 0.3) is 0 Å². The van der Waals surface area contributed by atoms with Gasteiger partial charge in [0.2, 0.25) is 0 Å². The first-order valence-electron chi connectivity index (χ1n) is 3.78. The molecular formula is C7H13NO. The lowest BCUT2D eigenvalue weighted by Crippen LogP contribution is -2.35. The number of aliphatic hydroxyl groups is 1. The predicted octanol–water partition coefficient (Wildman–Crippen LogP) is 0.119. The molecule has 1 heterocycles. The number of hydrogen-bond donors (Lipinski definition) is 2. The summed E-state index contributed by atoms with van der Waals surface area (Å²) in [5.41, 5.74) is 0. The third-order valence-corrected chi connectivity index (χ3v) is 2.59. The van der Waals surface area contributed by atoms with Crippen LogP contribution in [0.4, 0.5) is 0 Å². The van der Waals surface area contributed by atoms with Crippen molar-refractivity contribution in [2.45, 2.75) is 31.4 Å². The van der Waals surface area contributed by atoms with Crippen molar-refractivity contribution in [3.05, 3.63) is 0 Å². The maximum Gasteiger partial charge on any atom is 0.0693 e. The van der Waals surface area contributed by atoms with Gasteiger partial charge in [0, 0.05) is 6.04 Å². The van der Waals surface area contributed by atoms with Crippen LogP contribution in [0.5, 0.6) is 0 Å². The third-order valence-electron chi connectivity index (χ3n) is 2.59. The van der Waals surface area contributed by atoms with Crippen LogP contribution in [-0.2, 0) is 0 Å². The Morgan fingerprint density at radius 3 is 3.00 bits per heavy atom. The summed E-state index contributed by atoms with van der Waals surface area (Å²) in [6.45, 7) is 1.14. The molecule has 9 heavy (non-hydrogen) atoms. The summed E-state index contributed by atoms with van der Waals surface area (Å²) in [6.07, 6.45) is 3.40. The van der Waals surface area contributed by atoms with Gasteiger partial charge in [-0.05, 0) is 31.7 Å². The van der Waals surface area contributed by atoms with Crippen LogP contribution in [0.3, 0.4) is 0 Å². The van der Waals surface area contributed by atoms with Crippen LogP contribution in [0, 0.1) is 5.92 Å². The van der Waals surface area contributed by atoms with Gasteiger partial charge in [0.05, 0.1) is 6.10 Å². The summed E-state index contributed by atoms with van der Waals surface area (Å²) in [5.74, 6) is 0.874. The third kappa shape index (κ3) is 0.864. The molecule has 3 unspecified atom stereocenters. The molecule has 1 aliphatic heterocycles. The van der Waals surface area contributed by atoms with E-state index in [1.54, 1.807) is 0 Å². The smallest absolute Gasteiger partial charge is 0.0693 e. The van der Waals surface area contributed by atoms with E-state index in [2.05, 4.69) is 5.32 Å². The highest BCUT2D eigenvalue weighted by Gasteiger charge is 2.33. The Labute approximate surface area is 55.3 Å². The van der Waals surface area contributed by atoms with Gasteiger partial charge >= 0.3 is 0 Å². The first kappa shape index (κ1) is 5.69. The SMILES string of the molecule is OC1CCC2CNC1C2. The maximum absolute atomic E-state index is 9.33. The molecular weight excluding hydrogens is 114 g/mol. The number of hydrogen-bond acceptors (Lipinski definition) is 2. The van der Waals surface area contributed by atoms with Crippen LogP contribution < -0.4 is 5.32 Å². The topological polar surface area (TPSA) is 32.3 Å². The zero-order valence-corrected chi connectivity index (χ0v) is 5.51. The second kappa shape index (κ2) is 1.96. The fourth-order valence-electron chi connectivity index (χ4n) is 1.96. The molecule has 0 amide bonds. The molecule has 2 aliphatic rings. The molecule has 2 N–H and O–H groups in total. The number of aliphatic hydroxyl groups excluding tert-OH is 1. The van der Waals surface area contributed by atoms with E-state index in [0.29, 0.717) is 6.04 Å². The molecule has 2 rings (SSSR count). The van der Waals surface area contributed by atoms with Crippen LogP contribution >= 0.6 is 0 Å². The molecule has 1 aliphatic carbocycles. The van der Waals surface area contributed by atoms with E-state index in [9.17, 15) is 5.11 Å². The van der Waals surface area contributed by atoms with Gasteiger partial charge in [0.1, 0.15) is 0 Å². The van der Waals surface area contributed by atoms with Gasteiger partial charge in [-0.25, -0.2) is 0 Å². The second-order valence-corrected chi connectivity index (χ2v) is 3.26. The van der Waals surface area contributed by atoms with E-state index in [1.807, 2.05) is 0 Å². The minimum atomic E-state index is -0.0521. The second-order valence-electron chi connectivity index (χ2n) is 3.26. The number of fused-ring (bicyclic) bond motifs is 2. The van der Waals surface area contributed by atoms with E-state index < -0.39 is 0 Å². The summed E-state index contributed by atoms with van der Waals surface area (Å²) in [7, 11) is 0. The molecule has 52 valence electrons. The minimum absolute atomic E-state index is 0.0521. The van der Waals surface area contributed by atoms with Crippen molar-refractivity contribution in [2.24, 2.45) is 5.92 Å². The van der Waals surface area contributed by atoms with E-state index in [-0.39, 0.29) is 6.10 Å². The van der Waals surface area contributed by atoms with Gasteiger partial charge in [-0.3, -0.25) is 0 Å². The Kier molecular flexibility index (Phi) is 1.24. The van der Waals surface area contributed by atoms with Gasteiger partial charge in [0.15, 0.2) is 0 Å². The summed E-state index contributed by atoms with van der Waals surface area (Å²) >= 11 is 0. The normalized spacial score (nSPS) is 49.7. The Balaban J connectivity index is 2.05. The molecule has 1 saturated heterocycles. The molecule has 2 heteroatoms. The van der Waals surface area contributed by atoms with Crippen LogP contribution in [0.1, 0.15) is 19.3 Å². The van der Waals surface area contributed by atoms with Crippen LogP contribution in [0.25, 0.3) is 0 Å². The first-order chi connectivity index (χ1) is 4.36. The monoisotopic (exact) mass is 127 g/mol. The lowest BCUT2D eigenvalue weighted by molar-refractivity contribution is 0.104. The Morgan fingerprint density at radius 2 is 2.22 bits per heavy atom. The van der Waals surface area contributed by atoms with Gasteiger partial charge < -0.3 is 10.4 Å². The lowest BCUT2D eigenvalue weighted by Gasteiger charge is -2.22. The quantitative estimate of drug-likeness (QED) is 0.484. The molecule has 0 aromatic rings. The molecule has 2 nitrogen and oxygen atoms in total. The molecule has 0 aromatic heterocycles. The van der Waals surface area contributed by atoms with Crippen LogP contribution in [-0.4, -0.2) is 23.8 Å². The van der Waals surface area contributed by atoms with Crippen molar-refractivity contribution >= 4 is 0 Å². The average molecular weight is 127 g/mol. The highest BCUT2D eigenvalue weighted by molar-refractivity contribution is 4.91. The maximum atomic E-state index is 9.33. The summed E-state index contributed by atoms with van der Waals surface area (Å²) in [5, 5.41) is 12.7. The number of rotatable bonds is 0. The van der Waals surface area contributed by atoms with Crippen LogP contribution in [0.15, 0.2) is 0 Å². The van der Waals surface area contributed by atoms with Crippen LogP contribution in [0.2, 0.25) is 0 Å². The minimum Gasteiger partial charge on any atom is -0.392 e. The average Bonchev–Trinajstić information content (AvgIpc) is 2.25. The van der Waals surface area contributed by atoms with E-state index in [0.717, 1.165) is 18.9 Å². The summed E-state index contributed by atoms with van der Waals surface area (Å²) in [6, 6.07) is 0.434. The van der Waals surface area contributed by atoms with E-state index >= 15 is 0 Å². The van der Waals surface area contributed by atoms with Crippen molar-refractivity contribution in [3.63, 3.8) is 0 Å². The first-order valence-corrected chi connectivity index (χ1v) is 3.78. The standard InChI is InChI=1S/C7H13NO/c9-7-2-1-5-3-6(7)8-4-5/h5-9H,1-4H2. The Hall–Kier alpha value is -0.0800. The van der Waals surface area contributed by atoms with Gasteiger partial charge in [-0.2, -0.15) is 0 Å². The Morgan fingerprint density at radius 1 is 1.33 bits per heavy atom. The molecule has 2 fully saturated rings.